The minimum atomic E-state index is -0.988. The number of anilines is 1. The summed E-state index contributed by atoms with van der Waals surface area (Å²) in [5.41, 5.74) is 8.56. The minimum Gasteiger partial charge on any atom is -0.478 e. The Hall–Kier alpha value is -2.29. The van der Waals surface area contributed by atoms with E-state index < -0.39 is 5.97 Å². The van der Waals surface area contributed by atoms with Crippen molar-refractivity contribution < 1.29 is 9.90 Å². The summed E-state index contributed by atoms with van der Waals surface area (Å²) < 4.78 is 0. The zero-order valence-electron chi connectivity index (χ0n) is 12.1. The Morgan fingerprint density at radius 1 is 1.05 bits per heavy atom. The highest BCUT2D eigenvalue weighted by Gasteiger charge is 2.03. The molecule has 2 aromatic carbocycles. The van der Waals surface area contributed by atoms with Crippen LogP contribution in [-0.4, -0.2) is 11.1 Å². The van der Waals surface area contributed by atoms with Crippen molar-refractivity contribution in [3.8, 4) is 0 Å². The molecule has 106 valence electrons. The molecule has 0 aromatic heterocycles. The summed E-state index contributed by atoms with van der Waals surface area (Å²) in [6.45, 7) is 6.54. The minimum absolute atomic E-state index is 0.155. The standard InChI is InChI=1S/C10H14.C7H7NO2/c1-8(2)10-6-4-9(3)5-7-10;8-6-4-2-1-3-5(6)7(9)10/h4-8H,1-3H3;1-4H,8H2,(H,9,10). The van der Waals surface area contributed by atoms with Gasteiger partial charge in [-0.1, -0.05) is 55.8 Å². The number of carboxylic acid groups (broad SMARTS) is 1. The van der Waals surface area contributed by atoms with Gasteiger partial charge in [0.05, 0.1) is 5.56 Å². The number of benzene rings is 2. The van der Waals surface area contributed by atoms with E-state index in [0.717, 1.165) is 0 Å². The SMILES string of the molecule is Cc1ccc(C(C)C)cc1.Nc1ccccc1C(=O)O. The lowest BCUT2D eigenvalue weighted by atomic mass is 10.0. The Bertz CT molecular complexity index is 559. The van der Waals surface area contributed by atoms with Crippen molar-refractivity contribution >= 4 is 11.7 Å². The molecule has 0 aliphatic carbocycles. The van der Waals surface area contributed by atoms with Crippen molar-refractivity contribution in [3.63, 3.8) is 0 Å². The molecule has 0 heterocycles. The first-order valence-corrected chi connectivity index (χ1v) is 6.56. The second kappa shape index (κ2) is 7.34. The summed E-state index contributed by atoms with van der Waals surface area (Å²) in [6, 6.07) is 15.1. The van der Waals surface area contributed by atoms with Gasteiger partial charge in [0.2, 0.25) is 0 Å². The maximum absolute atomic E-state index is 10.3. The number of para-hydroxylation sites is 1. The molecule has 2 aromatic rings. The zero-order chi connectivity index (χ0) is 15.1. The molecular formula is C17H21NO2. The first-order valence-electron chi connectivity index (χ1n) is 6.56. The lowest BCUT2D eigenvalue weighted by Gasteiger charge is -2.03. The van der Waals surface area contributed by atoms with Gasteiger partial charge in [-0.2, -0.15) is 0 Å². The van der Waals surface area contributed by atoms with Crippen LogP contribution in [0.1, 0.15) is 41.3 Å². The van der Waals surface area contributed by atoms with E-state index in [1.54, 1.807) is 18.2 Å². The van der Waals surface area contributed by atoms with Crippen LogP contribution in [0.3, 0.4) is 0 Å². The molecule has 0 radical (unpaired) electrons. The van der Waals surface area contributed by atoms with E-state index in [9.17, 15) is 4.79 Å². The number of aromatic carboxylic acids is 1. The van der Waals surface area contributed by atoms with Crippen molar-refractivity contribution in [2.24, 2.45) is 0 Å². The lowest BCUT2D eigenvalue weighted by molar-refractivity contribution is 0.0698. The smallest absolute Gasteiger partial charge is 0.337 e. The van der Waals surface area contributed by atoms with Crippen LogP contribution < -0.4 is 5.73 Å². The molecular weight excluding hydrogens is 250 g/mol. The van der Waals surface area contributed by atoms with E-state index in [0.29, 0.717) is 11.6 Å². The largest absolute Gasteiger partial charge is 0.478 e. The number of hydrogen-bond acceptors (Lipinski definition) is 2. The normalized spacial score (nSPS) is 9.80. The van der Waals surface area contributed by atoms with Gasteiger partial charge < -0.3 is 10.8 Å². The van der Waals surface area contributed by atoms with Crippen LogP contribution >= 0.6 is 0 Å². The number of hydrogen-bond donors (Lipinski definition) is 2. The van der Waals surface area contributed by atoms with Crippen LogP contribution in [0.25, 0.3) is 0 Å². The molecule has 20 heavy (non-hydrogen) atoms. The maximum Gasteiger partial charge on any atom is 0.337 e. The molecule has 0 saturated carbocycles. The monoisotopic (exact) mass is 271 g/mol. The third kappa shape index (κ3) is 4.76. The predicted octanol–water partition coefficient (Wildman–Crippen LogP) is 4.09. The molecule has 3 nitrogen and oxygen atoms in total. The van der Waals surface area contributed by atoms with Crippen LogP contribution in [0.15, 0.2) is 48.5 Å². The molecule has 0 unspecified atom stereocenters. The van der Waals surface area contributed by atoms with Crippen LogP contribution in [0.4, 0.5) is 5.69 Å². The third-order valence-corrected chi connectivity index (χ3v) is 2.94. The average molecular weight is 271 g/mol. The fourth-order valence-electron chi connectivity index (χ4n) is 1.64. The summed E-state index contributed by atoms with van der Waals surface area (Å²) in [7, 11) is 0. The second-order valence-electron chi connectivity index (χ2n) is 4.96. The van der Waals surface area contributed by atoms with E-state index in [-0.39, 0.29) is 5.56 Å². The van der Waals surface area contributed by atoms with Crippen molar-refractivity contribution in [3.05, 3.63) is 65.2 Å². The van der Waals surface area contributed by atoms with Gasteiger partial charge in [-0.25, -0.2) is 4.79 Å². The van der Waals surface area contributed by atoms with Gasteiger partial charge in [0.1, 0.15) is 0 Å². The highest BCUT2D eigenvalue weighted by atomic mass is 16.4. The Kier molecular flexibility index (Phi) is 5.78. The molecule has 0 aliphatic heterocycles. The number of nitrogen functional groups attached to an aromatic ring is 1. The lowest BCUT2D eigenvalue weighted by Crippen LogP contribution is -2.00. The first-order chi connectivity index (χ1) is 9.41. The van der Waals surface area contributed by atoms with Crippen molar-refractivity contribution in [2.75, 3.05) is 5.73 Å². The predicted molar refractivity (Wildman–Crippen MR) is 83.1 cm³/mol. The number of carbonyl (C=O) groups is 1. The summed E-state index contributed by atoms with van der Waals surface area (Å²) in [4.78, 5) is 10.3. The third-order valence-electron chi connectivity index (χ3n) is 2.94. The molecule has 0 fully saturated rings. The summed E-state index contributed by atoms with van der Waals surface area (Å²) in [6.07, 6.45) is 0. The molecule has 0 bridgehead atoms. The highest BCUT2D eigenvalue weighted by molar-refractivity contribution is 5.93. The van der Waals surface area contributed by atoms with Crippen LogP contribution in [0.2, 0.25) is 0 Å². The first kappa shape index (κ1) is 15.8. The summed E-state index contributed by atoms with van der Waals surface area (Å²) >= 11 is 0. The van der Waals surface area contributed by atoms with E-state index >= 15 is 0 Å². The van der Waals surface area contributed by atoms with E-state index in [1.165, 1.54) is 17.2 Å². The van der Waals surface area contributed by atoms with Gasteiger partial charge in [-0.3, -0.25) is 0 Å². The molecule has 0 amide bonds. The van der Waals surface area contributed by atoms with Gasteiger partial charge in [0.15, 0.2) is 0 Å². The number of rotatable bonds is 2. The Morgan fingerprint density at radius 3 is 2.00 bits per heavy atom. The molecule has 3 heteroatoms. The summed E-state index contributed by atoms with van der Waals surface area (Å²) in [5, 5.41) is 8.49. The highest BCUT2D eigenvalue weighted by Crippen LogP contribution is 2.13. The topological polar surface area (TPSA) is 63.3 Å². The van der Waals surface area contributed by atoms with Crippen molar-refractivity contribution in [2.45, 2.75) is 26.7 Å². The van der Waals surface area contributed by atoms with Gasteiger partial charge in [0, 0.05) is 5.69 Å². The second-order valence-corrected chi connectivity index (χ2v) is 4.96. The molecule has 0 spiro atoms. The van der Waals surface area contributed by atoms with Gasteiger partial charge in [-0.15, -0.1) is 0 Å². The number of nitrogens with two attached hydrogens (primary N) is 1. The van der Waals surface area contributed by atoms with Gasteiger partial charge >= 0.3 is 5.97 Å². The van der Waals surface area contributed by atoms with E-state index in [4.69, 9.17) is 10.8 Å². The van der Waals surface area contributed by atoms with E-state index in [1.807, 2.05) is 0 Å². The van der Waals surface area contributed by atoms with Crippen LogP contribution in [0.5, 0.6) is 0 Å². The summed E-state index contributed by atoms with van der Waals surface area (Å²) in [5.74, 6) is -0.335. The van der Waals surface area contributed by atoms with Gasteiger partial charge in [0.25, 0.3) is 0 Å². The van der Waals surface area contributed by atoms with Gasteiger partial charge in [-0.05, 0) is 30.5 Å². The molecule has 3 N–H and O–H groups in total. The maximum atomic E-state index is 10.3. The fourth-order valence-corrected chi connectivity index (χ4v) is 1.64. The zero-order valence-corrected chi connectivity index (χ0v) is 12.1. The Morgan fingerprint density at radius 2 is 1.60 bits per heavy atom. The fraction of sp³-hybridized carbons (Fsp3) is 0.235. The van der Waals surface area contributed by atoms with Crippen LogP contribution in [0, 0.1) is 6.92 Å². The van der Waals surface area contributed by atoms with Crippen LogP contribution in [-0.2, 0) is 0 Å². The molecule has 2 rings (SSSR count). The molecule has 0 saturated heterocycles. The van der Waals surface area contributed by atoms with Crippen molar-refractivity contribution in [1.29, 1.82) is 0 Å². The number of carboxylic acids is 1. The average Bonchev–Trinajstić information content (AvgIpc) is 2.40. The molecule has 0 aliphatic rings. The Labute approximate surface area is 120 Å². The molecule has 0 atom stereocenters. The van der Waals surface area contributed by atoms with E-state index in [2.05, 4.69) is 45.0 Å². The quantitative estimate of drug-likeness (QED) is 0.809. The Balaban J connectivity index is 0.000000200. The van der Waals surface area contributed by atoms with Crippen molar-refractivity contribution in [1.82, 2.24) is 0 Å². The number of aryl methyl sites for hydroxylation is 1.